The highest BCUT2D eigenvalue weighted by atomic mass is 32.2. The Balaban J connectivity index is 1.89. The van der Waals surface area contributed by atoms with Gasteiger partial charge in [0, 0.05) is 11.4 Å². The summed E-state index contributed by atoms with van der Waals surface area (Å²) in [7, 11) is 0. The van der Waals surface area contributed by atoms with Gasteiger partial charge in [-0.25, -0.2) is 0 Å². The van der Waals surface area contributed by atoms with Crippen molar-refractivity contribution in [2.24, 2.45) is 0 Å². The summed E-state index contributed by atoms with van der Waals surface area (Å²) in [5, 5.41) is 9.94. The van der Waals surface area contributed by atoms with Gasteiger partial charge in [-0.05, 0) is 38.0 Å². The molecular formula is C15H19N3OS. The van der Waals surface area contributed by atoms with Crippen molar-refractivity contribution in [1.29, 1.82) is 0 Å². The van der Waals surface area contributed by atoms with E-state index in [1.165, 1.54) is 17.3 Å². The fraction of sp³-hybridized carbons (Fsp3) is 0.333. The van der Waals surface area contributed by atoms with Crippen LogP contribution in [0.3, 0.4) is 0 Å². The molecule has 1 heterocycles. The average molecular weight is 289 g/mol. The summed E-state index contributed by atoms with van der Waals surface area (Å²) in [6.45, 7) is 6.01. The molecule has 0 aliphatic rings. The normalized spacial score (nSPS) is 10.6. The van der Waals surface area contributed by atoms with E-state index in [0.717, 1.165) is 28.4 Å². The Kier molecular flexibility index (Phi) is 4.84. The second-order valence-corrected chi connectivity index (χ2v) is 5.64. The molecule has 0 aliphatic heterocycles. The number of anilines is 1. The molecule has 0 saturated carbocycles. The Labute approximate surface area is 123 Å². The second kappa shape index (κ2) is 6.61. The van der Waals surface area contributed by atoms with Crippen molar-refractivity contribution in [1.82, 2.24) is 10.2 Å². The van der Waals surface area contributed by atoms with E-state index >= 15 is 0 Å². The zero-order valence-electron chi connectivity index (χ0n) is 12.0. The van der Waals surface area contributed by atoms with Crippen LogP contribution in [-0.4, -0.2) is 21.9 Å². The Morgan fingerprint density at radius 2 is 2.00 bits per heavy atom. The molecule has 0 bridgehead atoms. The lowest BCUT2D eigenvalue weighted by atomic mass is 10.1. The standard InChI is InChI=1S/C15H19N3OS/c1-4-12-5-7-13(8-6-12)16-14(19)9-20-15-10(2)17-18-11(15)3/h5-8H,4,9H2,1-3H3,(H,16,19)(H,17,18). The predicted octanol–water partition coefficient (Wildman–Crippen LogP) is 3.32. The van der Waals surface area contributed by atoms with Gasteiger partial charge in [0.05, 0.1) is 16.3 Å². The fourth-order valence-electron chi connectivity index (χ4n) is 1.91. The van der Waals surface area contributed by atoms with Crippen molar-refractivity contribution in [2.45, 2.75) is 32.1 Å². The van der Waals surface area contributed by atoms with Gasteiger partial charge in [-0.15, -0.1) is 11.8 Å². The largest absolute Gasteiger partial charge is 0.325 e. The van der Waals surface area contributed by atoms with Crippen LogP contribution in [0, 0.1) is 13.8 Å². The zero-order chi connectivity index (χ0) is 14.5. The van der Waals surface area contributed by atoms with Gasteiger partial charge in [-0.1, -0.05) is 19.1 Å². The maximum absolute atomic E-state index is 11.9. The maximum Gasteiger partial charge on any atom is 0.234 e. The molecule has 0 spiro atoms. The maximum atomic E-state index is 11.9. The highest BCUT2D eigenvalue weighted by molar-refractivity contribution is 8.00. The van der Waals surface area contributed by atoms with Gasteiger partial charge in [0.15, 0.2) is 0 Å². The molecule has 2 aromatic rings. The zero-order valence-corrected chi connectivity index (χ0v) is 12.8. The molecule has 1 aromatic heterocycles. The van der Waals surface area contributed by atoms with Crippen LogP contribution >= 0.6 is 11.8 Å². The summed E-state index contributed by atoms with van der Waals surface area (Å²) in [5.74, 6) is 0.385. The van der Waals surface area contributed by atoms with Crippen LogP contribution in [0.5, 0.6) is 0 Å². The van der Waals surface area contributed by atoms with Crippen LogP contribution in [0.1, 0.15) is 23.9 Å². The number of nitrogens with one attached hydrogen (secondary N) is 2. The molecule has 1 aromatic carbocycles. The van der Waals surface area contributed by atoms with Crippen molar-refractivity contribution in [3.63, 3.8) is 0 Å². The number of aryl methyl sites for hydroxylation is 3. The topological polar surface area (TPSA) is 57.8 Å². The molecule has 0 unspecified atom stereocenters. The molecule has 0 radical (unpaired) electrons. The molecule has 5 heteroatoms. The molecule has 0 aliphatic carbocycles. The summed E-state index contributed by atoms with van der Waals surface area (Å²) >= 11 is 1.51. The number of benzene rings is 1. The summed E-state index contributed by atoms with van der Waals surface area (Å²) in [4.78, 5) is 13.0. The number of aromatic amines is 1. The monoisotopic (exact) mass is 289 g/mol. The second-order valence-electron chi connectivity index (χ2n) is 4.65. The quantitative estimate of drug-likeness (QED) is 0.830. The lowest BCUT2D eigenvalue weighted by Gasteiger charge is -2.06. The fourth-order valence-corrected chi connectivity index (χ4v) is 2.78. The van der Waals surface area contributed by atoms with E-state index in [2.05, 4.69) is 22.4 Å². The minimum absolute atomic E-state index is 0.000696. The van der Waals surface area contributed by atoms with Crippen LogP contribution in [0.25, 0.3) is 0 Å². The minimum Gasteiger partial charge on any atom is -0.325 e. The van der Waals surface area contributed by atoms with Gasteiger partial charge in [-0.2, -0.15) is 5.10 Å². The number of thioether (sulfide) groups is 1. The third kappa shape index (κ3) is 3.63. The SMILES string of the molecule is CCc1ccc(NC(=O)CSc2c(C)n[nH]c2C)cc1. The first-order chi connectivity index (χ1) is 9.60. The molecule has 2 N–H and O–H groups in total. The van der Waals surface area contributed by atoms with Gasteiger partial charge in [-0.3, -0.25) is 9.89 Å². The number of carbonyl (C=O) groups is 1. The average Bonchev–Trinajstić information content (AvgIpc) is 2.77. The van der Waals surface area contributed by atoms with Gasteiger partial charge < -0.3 is 5.32 Å². The lowest BCUT2D eigenvalue weighted by molar-refractivity contribution is -0.113. The van der Waals surface area contributed by atoms with E-state index in [1.807, 2.05) is 38.1 Å². The van der Waals surface area contributed by atoms with E-state index in [1.54, 1.807) is 0 Å². The molecule has 2 rings (SSSR count). The molecule has 20 heavy (non-hydrogen) atoms. The van der Waals surface area contributed by atoms with Crippen molar-refractivity contribution < 1.29 is 4.79 Å². The smallest absolute Gasteiger partial charge is 0.234 e. The van der Waals surface area contributed by atoms with Crippen LogP contribution in [0.4, 0.5) is 5.69 Å². The van der Waals surface area contributed by atoms with Crippen molar-refractivity contribution in [3.05, 3.63) is 41.2 Å². The molecule has 0 saturated heterocycles. The summed E-state index contributed by atoms with van der Waals surface area (Å²) in [6, 6.07) is 7.95. The van der Waals surface area contributed by atoms with Gasteiger partial charge >= 0.3 is 0 Å². The Morgan fingerprint density at radius 3 is 2.55 bits per heavy atom. The number of H-pyrrole nitrogens is 1. The Bertz CT molecular complexity index is 570. The van der Waals surface area contributed by atoms with Crippen LogP contribution < -0.4 is 5.32 Å². The summed E-state index contributed by atoms with van der Waals surface area (Å²) in [5.41, 5.74) is 4.05. The van der Waals surface area contributed by atoms with Crippen molar-refractivity contribution >= 4 is 23.4 Å². The first-order valence-electron chi connectivity index (χ1n) is 6.63. The van der Waals surface area contributed by atoms with E-state index < -0.39 is 0 Å². The number of carbonyl (C=O) groups excluding carboxylic acids is 1. The highest BCUT2D eigenvalue weighted by Crippen LogP contribution is 2.24. The predicted molar refractivity (Wildman–Crippen MR) is 83.2 cm³/mol. The molecule has 4 nitrogen and oxygen atoms in total. The van der Waals surface area contributed by atoms with Crippen LogP contribution in [0.2, 0.25) is 0 Å². The molecule has 0 fully saturated rings. The Hall–Kier alpha value is -1.75. The van der Waals surface area contributed by atoms with E-state index in [4.69, 9.17) is 0 Å². The number of nitrogens with zero attached hydrogens (tertiary/aromatic N) is 1. The van der Waals surface area contributed by atoms with Gasteiger partial charge in [0.25, 0.3) is 0 Å². The molecule has 106 valence electrons. The van der Waals surface area contributed by atoms with E-state index in [9.17, 15) is 4.79 Å². The number of rotatable bonds is 5. The van der Waals surface area contributed by atoms with Crippen molar-refractivity contribution in [3.8, 4) is 0 Å². The highest BCUT2D eigenvalue weighted by Gasteiger charge is 2.10. The first-order valence-corrected chi connectivity index (χ1v) is 7.62. The number of hydrogen-bond acceptors (Lipinski definition) is 3. The number of amides is 1. The first kappa shape index (κ1) is 14.7. The minimum atomic E-state index is -0.000696. The van der Waals surface area contributed by atoms with Crippen molar-refractivity contribution in [2.75, 3.05) is 11.1 Å². The number of aromatic nitrogens is 2. The molecule has 1 amide bonds. The summed E-state index contributed by atoms with van der Waals surface area (Å²) in [6.07, 6.45) is 1.00. The van der Waals surface area contributed by atoms with E-state index in [-0.39, 0.29) is 5.91 Å². The van der Waals surface area contributed by atoms with Crippen LogP contribution in [-0.2, 0) is 11.2 Å². The van der Waals surface area contributed by atoms with Gasteiger partial charge in [0.2, 0.25) is 5.91 Å². The molecule has 0 atom stereocenters. The van der Waals surface area contributed by atoms with E-state index in [0.29, 0.717) is 5.75 Å². The van der Waals surface area contributed by atoms with Gasteiger partial charge in [0.1, 0.15) is 0 Å². The number of hydrogen-bond donors (Lipinski definition) is 2. The Morgan fingerprint density at radius 1 is 1.30 bits per heavy atom. The lowest BCUT2D eigenvalue weighted by Crippen LogP contribution is -2.14. The third-order valence-corrected chi connectivity index (χ3v) is 4.35. The third-order valence-electron chi connectivity index (χ3n) is 3.05. The molecular weight excluding hydrogens is 270 g/mol. The summed E-state index contributed by atoms with van der Waals surface area (Å²) < 4.78 is 0. The van der Waals surface area contributed by atoms with Crippen LogP contribution in [0.15, 0.2) is 29.2 Å².